The molecule has 0 spiro atoms. The van der Waals surface area contributed by atoms with E-state index >= 15 is 0 Å². The Bertz CT molecular complexity index is 1770. The molecule has 0 bridgehead atoms. The summed E-state index contributed by atoms with van der Waals surface area (Å²) in [6.07, 6.45) is -1.29. The van der Waals surface area contributed by atoms with Crippen molar-refractivity contribution in [2.45, 2.75) is 103 Å². The Labute approximate surface area is 278 Å². The van der Waals surface area contributed by atoms with Crippen molar-refractivity contribution in [1.82, 2.24) is 24.3 Å². The minimum atomic E-state index is -4.26. The minimum absolute atomic E-state index is 0.170. The second-order valence-corrected chi connectivity index (χ2v) is 14.8. The molecule has 0 radical (unpaired) electrons. The summed E-state index contributed by atoms with van der Waals surface area (Å²) in [4.78, 5) is 14.9. The van der Waals surface area contributed by atoms with Crippen molar-refractivity contribution in [2.24, 2.45) is 0 Å². The van der Waals surface area contributed by atoms with Crippen molar-refractivity contribution < 1.29 is 18.3 Å². The van der Waals surface area contributed by atoms with Crippen LogP contribution in [0.1, 0.15) is 74.0 Å². The molecular weight excluding hydrogens is 623 g/mol. The number of nitrogens with one attached hydrogen (secondary N) is 1. The second-order valence-electron chi connectivity index (χ2n) is 13.7. The molecule has 5 heterocycles. The highest BCUT2D eigenvalue weighted by molar-refractivity contribution is 7.18. The molecule has 4 aromatic rings. The van der Waals surface area contributed by atoms with Crippen LogP contribution in [0, 0.1) is 18.3 Å². The molecule has 1 atom stereocenters. The van der Waals surface area contributed by atoms with Crippen LogP contribution >= 0.6 is 11.3 Å². The standard InChI is InChI=1S/C35H44F3N7OS/c1-5-31-41-32(29-17-27(18-35(36,37)38)47-33(29)42-31)40-25-8-12-43(13-9-25)21-24-6-7-30-28(23(24)3)16-26(19-39)45(30)20-22(2)44-14-10-34(4,46)11-15-44/h6-7,16-17,22,25,46H,5,8-15,18,20-21H2,1-4H3,(H,40,41,42)/t22-/m0/s1. The Balaban J connectivity index is 1.11. The lowest BCUT2D eigenvalue weighted by atomic mass is 9.93. The lowest BCUT2D eigenvalue weighted by Crippen LogP contribution is -2.47. The first-order chi connectivity index (χ1) is 22.3. The van der Waals surface area contributed by atoms with Crippen molar-refractivity contribution in [1.29, 1.82) is 5.26 Å². The van der Waals surface area contributed by atoms with Gasteiger partial charge in [0.1, 0.15) is 28.2 Å². The number of rotatable bonds is 9. The number of nitriles is 1. The van der Waals surface area contributed by atoms with Crippen LogP contribution < -0.4 is 5.32 Å². The van der Waals surface area contributed by atoms with Gasteiger partial charge in [0.25, 0.3) is 0 Å². The lowest BCUT2D eigenvalue weighted by molar-refractivity contribution is -0.126. The van der Waals surface area contributed by atoms with Crippen molar-refractivity contribution in [3.63, 3.8) is 0 Å². The van der Waals surface area contributed by atoms with Crippen LogP contribution in [0.2, 0.25) is 0 Å². The molecule has 2 aliphatic heterocycles. The van der Waals surface area contributed by atoms with Crippen molar-refractivity contribution in [2.75, 3.05) is 31.5 Å². The predicted molar refractivity (Wildman–Crippen MR) is 181 cm³/mol. The summed E-state index contributed by atoms with van der Waals surface area (Å²) in [5.41, 5.74) is 3.60. The number of anilines is 1. The number of nitrogens with zero attached hydrogens (tertiary/aromatic N) is 6. The largest absolute Gasteiger partial charge is 0.393 e. The van der Waals surface area contributed by atoms with Gasteiger partial charge < -0.3 is 15.0 Å². The number of thiophene rings is 1. The highest BCUT2D eigenvalue weighted by Crippen LogP contribution is 2.34. The van der Waals surface area contributed by atoms with Gasteiger partial charge in [-0.3, -0.25) is 9.80 Å². The Morgan fingerprint density at radius 1 is 1.13 bits per heavy atom. The molecule has 2 fully saturated rings. The number of aryl methyl sites for hydroxylation is 2. The number of aliphatic hydroxyl groups is 1. The number of hydrogen-bond acceptors (Lipinski definition) is 8. The lowest BCUT2D eigenvalue weighted by Gasteiger charge is -2.39. The molecule has 12 heteroatoms. The van der Waals surface area contributed by atoms with Crippen molar-refractivity contribution >= 4 is 38.3 Å². The first kappa shape index (κ1) is 33.7. The summed E-state index contributed by atoms with van der Waals surface area (Å²) in [7, 11) is 0. The Morgan fingerprint density at radius 3 is 2.51 bits per heavy atom. The number of hydrogen-bond donors (Lipinski definition) is 2. The summed E-state index contributed by atoms with van der Waals surface area (Å²) >= 11 is 1.10. The van der Waals surface area contributed by atoms with Crippen LogP contribution in [0.15, 0.2) is 24.3 Å². The van der Waals surface area contributed by atoms with E-state index in [1.165, 1.54) is 11.1 Å². The maximum Gasteiger partial charge on any atom is 0.393 e. The minimum Gasteiger partial charge on any atom is -0.390 e. The van der Waals surface area contributed by atoms with E-state index in [1.54, 1.807) is 6.07 Å². The molecule has 2 aliphatic rings. The summed E-state index contributed by atoms with van der Waals surface area (Å²) in [5.74, 6) is 1.27. The number of fused-ring (bicyclic) bond motifs is 2. The van der Waals surface area contributed by atoms with Gasteiger partial charge in [-0.25, -0.2) is 9.97 Å². The second kappa shape index (κ2) is 13.3. The quantitative estimate of drug-likeness (QED) is 0.203. The Hall–Kier alpha value is -3.24. The van der Waals surface area contributed by atoms with E-state index in [4.69, 9.17) is 0 Å². The van der Waals surface area contributed by atoms with Crippen LogP contribution in [0.4, 0.5) is 19.0 Å². The average molecular weight is 668 g/mol. The highest BCUT2D eigenvalue weighted by Gasteiger charge is 2.31. The molecule has 2 N–H and O–H groups in total. The fourth-order valence-electron chi connectivity index (χ4n) is 7.05. The molecular formula is C35H44F3N7OS. The van der Waals surface area contributed by atoms with Gasteiger partial charge in [-0.05, 0) is 75.8 Å². The third kappa shape index (κ3) is 7.59. The van der Waals surface area contributed by atoms with E-state index in [-0.39, 0.29) is 17.0 Å². The number of aromatic nitrogens is 3. The van der Waals surface area contributed by atoms with E-state index in [0.717, 1.165) is 87.2 Å². The molecule has 47 heavy (non-hydrogen) atoms. The summed E-state index contributed by atoms with van der Waals surface area (Å²) in [6, 6.07) is 10.8. The third-order valence-corrected chi connectivity index (χ3v) is 11.1. The number of benzene rings is 1. The van der Waals surface area contributed by atoms with Crippen molar-refractivity contribution in [3.8, 4) is 6.07 Å². The molecule has 3 aromatic heterocycles. The third-order valence-electron chi connectivity index (χ3n) is 10.0. The molecule has 0 unspecified atom stereocenters. The molecule has 252 valence electrons. The van der Waals surface area contributed by atoms with Crippen LogP contribution in [-0.4, -0.2) is 79.5 Å². The maximum absolute atomic E-state index is 13.1. The molecule has 0 amide bonds. The Morgan fingerprint density at radius 2 is 1.85 bits per heavy atom. The monoisotopic (exact) mass is 667 g/mol. The zero-order chi connectivity index (χ0) is 33.5. The average Bonchev–Trinajstić information content (AvgIpc) is 3.59. The normalized spacial score (nSPS) is 19.0. The van der Waals surface area contributed by atoms with Crippen LogP contribution in [0.5, 0.6) is 0 Å². The van der Waals surface area contributed by atoms with Gasteiger partial charge in [-0.1, -0.05) is 13.0 Å². The first-order valence-electron chi connectivity index (χ1n) is 16.7. The van der Waals surface area contributed by atoms with E-state index < -0.39 is 18.2 Å². The SMILES string of the molecule is CCc1nc(NC2CCN(Cc3ccc4c(cc(C#N)n4C[C@H](C)N4CCC(C)(O)CC4)c3C)CC2)c2cc(CC(F)(F)F)sc2n1. The van der Waals surface area contributed by atoms with Gasteiger partial charge in [0.15, 0.2) is 0 Å². The fraction of sp³-hybridized carbons (Fsp3) is 0.571. The van der Waals surface area contributed by atoms with E-state index in [9.17, 15) is 23.5 Å². The fourth-order valence-corrected chi connectivity index (χ4v) is 8.12. The highest BCUT2D eigenvalue weighted by atomic mass is 32.1. The zero-order valence-corrected chi connectivity index (χ0v) is 28.4. The van der Waals surface area contributed by atoms with Gasteiger partial charge in [0.05, 0.1) is 17.4 Å². The number of halogens is 3. The maximum atomic E-state index is 13.1. The number of likely N-dealkylation sites (tertiary alicyclic amines) is 2. The molecule has 6 rings (SSSR count). The van der Waals surface area contributed by atoms with Gasteiger partial charge in [-0.2, -0.15) is 18.4 Å². The smallest absolute Gasteiger partial charge is 0.390 e. The predicted octanol–water partition coefficient (Wildman–Crippen LogP) is 6.81. The topological polar surface area (TPSA) is 93.2 Å². The first-order valence-corrected chi connectivity index (χ1v) is 17.5. The molecule has 8 nitrogen and oxygen atoms in total. The Kier molecular flexibility index (Phi) is 9.55. The van der Waals surface area contributed by atoms with Crippen molar-refractivity contribution in [3.05, 3.63) is 51.8 Å². The zero-order valence-electron chi connectivity index (χ0n) is 27.6. The molecule has 0 saturated carbocycles. The summed E-state index contributed by atoms with van der Waals surface area (Å²) < 4.78 is 41.4. The summed E-state index contributed by atoms with van der Waals surface area (Å²) in [5, 5.41) is 25.7. The molecule has 1 aromatic carbocycles. The molecule has 2 saturated heterocycles. The summed E-state index contributed by atoms with van der Waals surface area (Å²) in [6.45, 7) is 13.2. The van der Waals surface area contributed by atoms with E-state index in [1.807, 2.05) is 19.9 Å². The van der Waals surface area contributed by atoms with E-state index in [2.05, 4.69) is 61.7 Å². The molecule has 0 aliphatic carbocycles. The number of alkyl halides is 3. The van der Waals surface area contributed by atoms with Crippen LogP contribution in [-0.2, 0) is 25.9 Å². The van der Waals surface area contributed by atoms with E-state index in [0.29, 0.717) is 34.0 Å². The van der Waals surface area contributed by atoms with Crippen LogP contribution in [0.25, 0.3) is 21.1 Å². The number of piperidine rings is 2. The van der Waals surface area contributed by atoms with Gasteiger partial charge >= 0.3 is 6.18 Å². The van der Waals surface area contributed by atoms with Gasteiger partial charge in [0.2, 0.25) is 0 Å². The van der Waals surface area contributed by atoms with Gasteiger partial charge in [-0.15, -0.1) is 11.3 Å². The van der Waals surface area contributed by atoms with Crippen LogP contribution in [0.3, 0.4) is 0 Å². The van der Waals surface area contributed by atoms with Gasteiger partial charge in [0, 0.05) is 73.6 Å².